The third kappa shape index (κ3) is 3.63. The van der Waals surface area contributed by atoms with E-state index in [1.165, 1.54) is 6.92 Å². The van der Waals surface area contributed by atoms with Gasteiger partial charge in [-0.25, -0.2) is 13.6 Å². The van der Waals surface area contributed by atoms with Crippen molar-refractivity contribution in [1.29, 1.82) is 0 Å². The molecule has 1 N–H and O–H groups in total. The minimum absolute atomic E-state index is 0.137. The fourth-order valence-corrected chi connectivity index (χ4v) is 0.987. The molecular weight excluding hydrogens is 206 g/mol. The van der Waals surface area contributed by atoms with Gasteiger partial charge < -0.3 is 9.84 Å². The van der Waals surface area contributed by atoms with E-state index in [0.717, 1.165) is 18.2 Å². The largest absolute Gasteiger partial charge is 0.479 e. The zero-order valence-electron chi connectivity index (χ0n) is 8.04. The Morgan fingerprint density at radius 2 is 1.93 bits per heavy atom. The van der Waals surface area contributed by atoms with Crippen LogP contribution in [-0.4, -0.2) is 17.2 Å². The van der Waals surface area contributed by atoms with Crippen molar-refractivity contribution in [1.82, 2.24) is 0 Å². The molecule has 0 aliphatic carbocycles. The lowest BCUT2D eigenvalue weighted by molar-refractivity contribution is -0.149. The van der Waals surface area contributed by atoms with Crippen molar-refractivity contribution in [2.75, 3.05) is 0 Å². The first kappa shape index (κ1) is 11.6. The number of benzene rings is 1. The molecule has 0 aliphatic heterocycles. The Kier molecular flexibility index (Phi) is 3.74. The van der Waals surface area contributed by atoms with Crippen LogP contribution in [0.2, 0.25) is 0 Å². The van der Waals surface area contributed by atoms with Gasteiger partial charge in [0.25, 0.3) is 0 Å². The molecule has 15 heavy (non-hydrogen) atoms. The fraction of sp³-hybridized carbons (Fsp3) is 0.300. The number of ether oxygens (including phenoxy) is 1. The molecule has 0 amide bonds. The monoisotopic (exact) mass is 216 g/mol. The van der Waals surface area contributed by atoms with E-state index >= 15 is 0 Å². The van der Waals surface area contributed by atoms with Crippen molar-refractivity contribution in [3.63, 3.8) is 0 Å². The van der Waals surface area contributed by atoms with Gasteiger partial charge in [0.05, 0.1) is 6.61 Å². The molecular formula is C10H10F2O3. The SMILES string of the molecule is CC(OCc1cc(F)cc(F)c1)C(=O)O. The van der Waals surface area contributed by atoms with Crippen molar-refractivity contribution in [2.45, 2.75) is 19.6 Å². The van der Waals surface area contributed by atoms with Crippen LogP contribution in [0.1, 0.15) is 12.5 Å². The van der Waals surface area contributed by atoms with Crippen molar-refractivity contribution < 1.29 is 23.4 Å². The highest BCUT2D eigenvalue weighted by Crippen LogP contribution is 2.10. The summed E-state index contributed by atoms with van der Waals surface area (Å²) in [6, 6.07) is 2.93. The number of hydrogen-bond donors (Lipinski definition) is 1. The lowest BCUT2D eigenvalue weighted by Crippen LogP contribution is -2.19. The summed E-state index contributed by atoms with van der Waals surface area (Å²) in [5.74, 6) is -2.54. The Morgan fingerprint density at radius 3 is 2.40 bits per heavy atom. The molecule has 1 atom stereocenters. The number of rotatable bonds is 4. The Labute approximate surface area is 85.3 Å². The molecule has 0 radical (unpaired) electrons. The second kappa shape index (κ2) is 4.84. The maximum Gasteiger partial charge on any atom is 0.332 e. The molecule has 0 aromatic heterocycles. The predicted octanol–water partition coefficient (Wildman–Crippen LogP) is 1.95. The zero-order chi connectivity index (χ0) is 11.4. The van der Waals surface area contributed by atoms with Crippen LogP contribution in [0.15, 0.2) is 18.2 Å². The summed E-state index contributed by atoms with van der Waals surface area (Å²) in [6.45, 7) is 1.21. The van der Waals surface area contributed by atoms with Gasteiger partial charge in [-0.1, -0.05) is 0 Å². The predicted molar refractivity (Wildman–Crippen MR) is 48.2 cm³/mol. The molecule has 0 heterocycles. The molecule has 1 rings (SSSR count). The molecule has 1 aromatic rings. The van der Waals surface area contributed by atoms with Crippen LogP contribution in [-0.2, 0) is 16.1 Å². The lowest BCUT2D eigenvalue weighted by Gasteiger charge is -2.08. The maximum atomic E-state index is 12.7. The highest BCUT2D eigenvalue weighted by atomic mass is 19.1. The van der Waals surface area contributed by atoms with E-state index in [9.17, 15) is 13.6 Å². The maximum absolute atomic E-state index is 12.7. The van der Waals surface area contributed by atoms with Crippen LogP contribution in [0.4, 0.5) is 8.78 Å². The van der Waals surface area contributed by atoms with Gasteiger partial charge in [-0.3, -0.25) is 0 Å². The van der Waals surface area contributed by atoms with E-state index in [0.29, 0.717) is 0 Å². The number of halogens is 2. The second-order valence-electron chi connectivity index (χ2n) is 3.07. The number of hydrogen-bond acceptors (Lipinski definition) is 2. The topological polar surface area (TPSA) is 46.5 Å². The van der Waals surface area contributed by atoms with E-state index in [4.69, 9.17) is 9.84 Å². The smallest absolute Gasteiger partial charge is 0.332 e. The van der Waals surface area contributed by atoms with Crippen LogP contribution < -0.4 is 0 Å². The highest BCUT2D eigenvalue weighted by molar-refractivity contribution is 5.71. The van der Waals surface area contributed by atoms with Crippen molar-refractivity contribution in [2.24, 2.45) is 0 Å². The first-order valence-corrected chi connectivity index (χ1v) is 4.28. The van der Waals surface area contributed by atoms with Gasteiger partial charge in [0, 0.05) is 6.07 Å². The molecule has 82 valence electrons. The molecule has 0 spiro atoms. The normalized spacial score (nSPS) is 12.5. The van der Waals surface area contributed by atoms with Gasteiger partial charge in [0.1, 0.15) is 11.6 Å². The van der Waals surface area contributed by atoms with E-state index < -0.39 is 23.7 Å². The third-order valence-corrected chi connectivity index (χ3v) is 1.77. The third-order valence-electron chi connectivity index (χ3n) is 1.77. The number of carboxylic acids is 1. The van der Waals surface area contributed by atoms with Gasteiger partial charge in [0.15, 0.2) is 6.10 Å². The molecule has 0 bridgehead atoms. The van der Waals surface area contributed by atoms with E-state index in [1.807, 2.05) is 0 Å². The Hall–Kier alpha value is -1.49. The molecule has 5 heteroatoms. The fourth-order valence-electron chi connectivity index (χ4n) is 0.987. The van der Waals surface area contributed by atoms with Crippen LogP contribution >= 0.6 is 0 Å². The van der Waals surface area contributed by atoms with Crippen LogP contribution in [0, 0.1) is 11.6 Å². The second-order valence-corrected chi connectivity index (χ2v) is 3.07. The Bertz CT molecular complexity index is 345. The number of carboxylic acid groups (broad SMARTS) is 1. The average molecular weight is 216 g/mol. The lowest BCUT2D eigenvalue weighted by atomic mass is 10.2. The van der Waals surface area contributed by atoms with E-state index in [-0.39, 0.29) is 12.2 Å². The summed E-state index contributed by atoms with van der Waals surface area (Å²) in [7, 11) is 0. The molecule has 0 fully saturated rings. The van der Waals surface area contributed by atoms with Crippen LogP contribution in [0.3, 0.4) is 0 Å². The highest BCUT2D eigenvalue weighted by Gasteiger charge is 2.11. The number of carbonyl (C=O) groups is 1. The van der Waals surface area contributed by atoms with Gasteiger partial charge in [0.2, 0.25) is 0 Å². The summed E-state index contributed by atoms with van der Waals surface area (Å²) in [5, 5.41) is 8.50. The minimum Gasteiger partial charge on any atom is -0.479 e. The quantitative estimate of drug-likeness (QED) is 0.836. The molecule has 1 aromatic carbocycles. The van der Waals surface area contributed by atoms with E-state index in [1.54, 1.807) is 0 Å². The van der Waals surface area contributed by atoms with Gasteiger partial charge in [-0.05, 0) is 24.6 Å². The van der Waals surface area contributed by atoms with Crippen LogP contribution in [0.5, 0.6) is 0 Å². The van der Waals surface area contributed by atoms with E-state index in [2.05, 4.69) is 0 Å². The first-order valence-electron chi connectivity index (χ1n) is 4.28. The molecule has 1 unspecified atom stereocenters. The minimum atomic E-state index is -1.12. The summed E-state index contributed by atoms with van der Waals surface area (Å²) >= 11 is 0. The van der Waals surface area contributed by atoms with Crippen molar-refractivity contribution in [3.8, 4) is 0 Å². The molecule has 0 saturated carbocycles. The summed E-state index contributed by atoms with van der Waals surface area (Å²) in [4.78, 5) is 10.4. The standard InChI is InChI=1S/C10H10F2O3/c1-6(10(13)14)15-5-7-2-8(11)4-9(12)3-7/h2-4,6H,5H2,1H3,(H,13,14). The summed E-state index contributed by atoms with van der Waals surface area (Å²) in [5.41, 5.74) is 0.264. The molecule has 3 nitrogen and oxygen atoms in total. The Morgan fingerprint density at radius 1 is 1.40 bits per heavy atom. The van der Waals surface area contributed by atoms with Crippen LogP contribution in [0.25, 0.3) is 0 Å². The van der Waals surface area contributed by atoms with Crippen molar-refractivity contribution >= 4 is 5.97 Å². The summed E-state index contributed by atoms with van der Waals surface area (Å²) in [6.07, 6.45) is -1.00. The van der Waals surface area contributed by atoms with Gasteiger partial charge in [-0.2, -0.15) is 0 Å². The molecule has 0 saturated heterocycles. The van der Waals surface area contributed by atoms with Gasteiger partial charge >= 0.3 is 5.97 Å². The average Bonchev–Trinajstić information content (AvgIpc) is 2.12. The van der Waals surface area contributed by atoms with Crippen molar-refractivity contribution in [3.05, 3.63) is 35.4 Å². The molecule has 0 aliphatic rings. The number of aliphatic carboxylic acids is 1. The Balaban J connectivity index is 2.61. The first-order chi connectivity index (χ1) is 6.99. The zero-order valence-corrected chi connectivity index (χ0v) is 8.04. The summed E-state index contributed by atoms with van der Waals surface area (Å²) < 4.78 is 30.3. The van der Waals surface area contributed by atoms with Gasteiger partial charge in [-0.15, -0.1) is 0 Å².